The van der Waals surface area contributed by atoms with Gasteiger partial charge in [0.2, 0.25) is 5.76 Å². The van der Waals surface area contributed by atoms with Gasteiger partial charge in [-0.25, -0.2) is 4.79 Å². The van der Waals surface area contributed by atoms with Gasteiger partial charge in [-0.15, -0.1) is 11.8 Å². The van der Waals surface area contributed by atoms with E-state index in [0.717, 1.165) is 11.4 Å². The van der Waals surface area contributed by atoms with Gasteiger partial charge in [-0.3, -0.25) is 0 Å². The molecule has 7 heteroatoms. The van der Waals surface area contributed by atoms with Crippen LogP contribution in [0.3, 0.4) is 0 Å². The first-order chi connectivity index (χ1) is 14.4. The van der Waals surface area contributed by atoms with Crippen molar-refractivity contribution in [1.82, 2.24) is 4.90 Å². The zero-order chi connectivity index (χ0) is 21.7. The molecule has 0 fully saturated rings. The lowest BCUT2D eigenvalue weighted by atomic mass is 10.1. The van der Waals surface area contributed by atoms with E-state index in [4.69, 9.17) is 13.9 Å². The molecule has 160 valence electrons. The van der Waals surface area contributed by atoms with Crippen molar-refractivity contribution in [3.05, 3.63) is 53.3 Å². The molecular weight excluding hydrogens is 402 g/mol. The van der Waals surface area contributed by atoms with Crippen molar-refractivity contribution in [2.45, 2.75) is 31.0 Å². The predicted molar refractivity (Wildman–Crippen MR) is 118 cm³/mol. The second kappa shape index (κ2) is 9.91. The first kappa shape index (κ1) is 22.1. The Morgan fingerprint density at radius 1 is 1.10 bits per heavy atom. The van der Waals surface area contributed by atoms with Crippen molar-refractivity contribution in [2.24, 2.45) is 0 Å². The summed E-state index contributed by atoms with van der Waals surface area (Å²) in [6, 6.07) is 11.5. The van der Waals surface area contributed by atoms with Crippen molar-refractivity contribution >= 4 is 28.7 Å². The lowest BCUT2D eigenvalue weighted by molar-refractivity contribution is 0.0491. The Labute approximate surface area is 180 Å². The van der Waals surface area contributed by atoms with Gasteiger partial charge in [-0.1, -0.05) is 12.1 Å². The summed E-state index contributed by atoms with van der Waals surface area (Å²) < 4.78 is 16.7. The molecule has 1 N–H and O–H groups in total. The molecule has 0 aliphatic heterocycles. The zero-order valence-corrected chi connectivity index (χ0v) is 18.5. The van der Waals surface area contributed by atoms with E-state index in [2.05, 4.69) is 29.2 Å². The highest BCUT2D eigenvalue weighted by Crippen LogP contribution is 2.42. The maximum atomic E-state index is 12.5. The molecule has 2 aromatic carbocycles. The molecule has 1 aromatic heterocycles. The van der Waals surface area contributed by atoms with Crippen LogP contribution < -0.4 is 4.74 Å². The van der Waals surface area contributed by atoms with Gasteiger partial charge in [0.15, 0.2) is 11.5 Å². The topological polar surface area (TPSA) is 72.1 Å². The first-order valence-corrected chi connectivity index (χ1v) is 10.9. The van der Waals surface area contributed by atoms with Crippen LogP contribution in [0, 0.1) is 0 Å². The number of rotatable bonds is 9. The van der Waals surface area contributed by atoms with E-state index < -0.39 is 5.97 Å². The maximum Gasteiger partial charge on any atom is 0.374 e. The molecule has 3 aromatic rings. The third-order valence-corrected chi connectivity index (χ3v) is 5.48. The number of hydrogen-bond donors (Lipinski definition) is 1. The smallest absolute Gasteiger partial charge is 0.374 e. The predicted octanol–water partition coefficient (Wildman–Crippen LogP) is 5.07. The average Bonchev–Trinajstić information content (AvgIpc) is 3.08. The van der Waals surface area contributed by atoms with Crippen molar-refractivity contribution < 1.29 is 23.8 Å². The number of hydrogen-bond acceptors (Lipinski definition) is 7. The van der Waals surface area contributed by atoms with E-state index in [9.17, 15) is 9.90 Å². The number of phenolic OH excluding ortho intramolecular Hbond substituents is 1. The van der Waals surface area contributed by atoms with Crippen molar-refractivity contribution in [2.75, 3.05) is 27.3 Å². The molecule has 0 aliphatic carbocycles. The number of thioether (sulfide) groups is 1. The summed E-state index contributed by atoms with van der Waals surface area (Å²) in [6.07, 6.45) is 0. The number of fused-ring (bicyclic) bond motifs is 1. The molecule has 0 radical (unpaired) electrons. The molecule has 6 nitrogen and oxygen atoms in total. The Morgan fingerprint density at radius 2 is 1.83 bits per heavy atom. The standard InChI is InChI=1S/C23H27NO5S/c1-5-27-22-18(25)11-12-19-20(22)17(21(29-19)23(26)28-6-2)14-30-16-9-7-15(8-10-16)13-24(3)4/h7-12,25H,5-6,13-14H2,1-4H3. The minimum absolute atomic E-state index is 0.0137. The number of aromatic hydroxyl groups is 1. The van der Waals surface area contributed by atoms with Crippen LogP contribution in [0.25, 0.3) is 11.0 Å². The molecule has 0 amide bonds. The van der Waals surface area contributed by atoms with Gasteiger partial charge >= 0.3 is 5.97 Å². The number of furan rings is 1. The third-order valence-electron chi connectivity index (χ3n) is 4.44. The van der Waals surface area contributed by atoms with Gasteiger partial charge in [0.25, 0.3) is 0 Å². The number of carbonyl (C=O) groups excluding carboxylic acids is 1. The monoisotopic (exact) mass is 429 g/mol. The summed E-state index contributed by atoms with van der Waals surface area (Å²) in [6.45, 7) is 5.10. The quantitative estimate of drug-likeness (QED) is 0.376. The van der Waals surface area contributed by atoms with Crippen molar-refractivity contribution in [3.63, 3.8) is 0 Å². The fourth-order valence-corrected chi connectivity index (χ4v) is 4.13. The Bertz CT molecular complexity index is 1010. The first-order valence-electron chi connectivity index (χ1n) is 9.88. The molecule has 0 saturated carbocycles. The highest BCUT2D eigenvalue weighted by molar-refractivity contribution is 7.98. The minimum Gasteiger partial charge on any atom is -0.504 e. The molecular formula is C23H27NO5S. The van der Waals surface area contributed by atoms with Gasteiger partial charge in [-0.2, -0.15) is 0 Å². The molecule has 0 bridgehead atoms. The normalized spacial score (nSPS) is 11.2. The van der Waals surface area contributed by atoms with Crippen LogP contribution >= 0.6 is 11.8 Å². The summed E-state index contributed by atoms with van der Waals surface area (Å²) in [5.41, 5.74) is 2.37. The van der Waals surface area contributed by atoms with Crippen LogP contribution in [0.15, 0.2) is 45.7 Å². The average molecular weight is 430 g/mol. The summed E-state index contributed by atoms with van der Waals surface area (Å²) in [7, 11) is 4.07. The molecule has 3 rings (SSSR count). The Balaban J connectivity index is 1.96. The number of phenols is 1. The highest BCUT2D eigenvalue weighted by Gasteiger charge is 2.25. The van der Waals surface area contributed by atoms with E-state index >= 15 is 0 Å². The van der Waals surface area contributed by atoms with Crippen LogP contribution in [0.4, 0.5) is 0 Å². The summed E-state index contributed by atoms with van der Waals surface area (Å²) >= 11 is 1.58. The van der Waals surface area contributed by atoms with Gasteiger partial charge in [-0.05, 0) is 57.8 Å². The number of nitrogens with zero attached hydrogens (tertiary/aromatic N) is 1. The molecule has 0 unspecified atom stereocenters. The molecule has 0 spiro atoms. The van der Waals surface area contributed by atoms with Gasteiger partial charge in [0.05, 0.1) is 18.6 Å². The van der Waals surface area contributed by atoms with Crippen LogP contribution in [-0.2, 0) is 17.0 Å². The minimum atomic E-state index is -0.521. The molecule has 0 saturated heterocycles. The number of esters is 1. The summed E-state index contributed by atoms with van der Waals surface area (Å²) in [5, 5.41) is 10.9. The van der Waals surface area contributed by atoms with Crippen molar-refractivity contribution in [3.8, 4) is 11.5 Å². The zero-order valence-electron chi connectivity index (χ0n) is 17.7. The fraction of sp³-hybridized carbons (Fsp3) is 0.348. The molecule has 1 heterocycles. The van der Waals surface area contributed by atoms with Crippen LogP contribution in [0.5, 0.6) is 11.5 Å². The Kier molecular flexibility index (Phi) is 7.29. The lowest BCUT2D eigenvalue weighted by Gasteiger charge is -2.11. The summed E-state index contributed by atoms with van der Waals surface area (Å²) in [4.78, 5) is 15.7. The number of benzene rings is 2. The van der Waals surface area contributed by atoms with Crippen molar-refractivity contribution in [1.29, 1.82) is 0 Å². The number of carbonyl (C=O) groups is 1. The molecule has 0 aliphatic rings. The van der Waals surface area contributed by atoms with Crippen LogP contribution in [0.1, 0.15) is 35.5 Å². The van der Waals surface area contributed by atoms with Crippen LogP contribution in [0.2, 0.25) is 0 Å². The van der Waals surface area contributed by atoms with E-state index in [1.807, 2.05) is 21.0 Å². The number of ether oxygens (including phenoxy) is 2. The van der Waals surface area contributed by atoms with Gasteiger partial charge in [0.1, 0.15) is 5.58 Å². The Hall–Kier alpha value is -2.64. The maximum absolute atomic E-state index is 12.5. The van der Waals surface area contributed by atoms with Gasteiger partial charge < -0.3 is 23.9 Å². The van der Waals surface area contributed by atoms with Gasteiger partial charge in [0, 0.05) is 22.8 Å². The second-order valence-corrected chi connectivity index (χ2v) is 8.07. The molecule has 30 heavy (non-hydrogen) atoms. The lowest BCUT2D eigenvalue weighted by Crippen LogP contribution is -2.10. The summed E-state index contributed by atoms with van der Waals surface area (Å²) in [5.74, 6) is 0.436. The largest absolute Gasteiger partial charge is 0.504 e. The second-order valence-electron chi connectivity index (χ2n) is 7.02. The van der Waals surface area contributed by atoms with E-state index in [0.29, 0.717) is 34.6 Å². The van der Waals surface area contributed by atoms with Crippen LogP contribution in [-0.4, -0.2) is 43.3 Å². The highest BCUT2D eigenvalue weighted by atomic mass is 32.2. The van der Waals surface area contributed by atoms with E-state index in [-0.39, 0.29) is 18.1 Å². The van der Waals surface area contributed by atoms with E-state index in [1.54, 1.807) is 24.8 Å². The Morgan fingerprint density at radius 3 is 2.47 bits per heavy atom. The SMILES string of the molecule is CCOC(=O)c1oc2ccc(O)c(OCC)c2c1CSc1ccc(CN(C)C)cc1. The third kappa shape index (κ3) is 4.91. The van der Waals surface area contributed by atoms with E-state index in [1.165, 1.54) is 11.6 Å². The fourth-order valence-electron chi connectivity index (χ4n) is 3.21. The molecule has 0 atom stereocenters.